The van der Waals surface area contributed by atoms with Crippen molar-refractivity contribution in [2.75, 3.05) is 18.4 Å². The van der Waals surface area contributed by atoms with Gasteiger partial charge in [-0.1, -0.05) is 12.1 Å². The molecule has 1 fully saturated rings. The van der Waals surface area contributed by atoms with Crippen LogP contribution in [0.3, 0.4) is 0 Å². The highest BCUT2D eigenvalue weighted by Gasteiger charge is 2.27. The Kier molecular flexibility index (Phi) is 6.62. The average Bonchev–Trinajstić information content (AvgIpc) is 2.56. The maximum Gasteiger partial charge on any atom is 0.410 e. The van der Waals surface area contributed by atoms with Gasteiger partial charge in [0.2, 0.25) is 5.91 Å². The van der Waals surface area contributed by atoms with Gasteiger partial charge in [0.05, 0.1) is 12.5 Å². The van der Waals surface area contributed by atoms with Gasteiger partial charge < -0.3 is 15.0 Å². The van der Waals surface area contributed by atoms with E-state index in [1.165, 1.54) is 0 Å². The number of nitrogens with one attached hydrogen (secondary N) is 1. The predicted molar refractivity (Wildman–Crippen MR) is 99.5 cm³/mol. The first kappa shape index (κ1) is 19.8. The smallest absolute Gasteiger partial charge is 0.410 e. The third kappa shape index (κ3) is 6.40. The number of carbonyl (C=O) groups excluding carboxylic acids is 2. The fraction of sp³-hybridized carbons (Fsp3) is 0.550. The third-order valence-corrected chi connectivity index (χ3v) is 4.26. The molecule has 1 saturated heterocycles. The number of amides is 2. The number of nitrogens with zero attached hydrogens (tertiary/aromatic N) is 2. The summed E-state index contributed by atoms with van der Waals surface area (Å²) in [5, 5.41) is 11.6. The molecule has 0 spiro atoms. The first-order valence-corrected chi connectivity index (χ1v) is 9.00. The van der Waals surface area contributed by atoms with Crippen molar-refractivity contribution in [2.45, 2.75) is 52.1 Å². The van der Waals surface area contributed by atoms with Crippen molar-refractivity contribution >= 4 is 17.7 Å². The first-order valence-electron chi connectivity index (χ1n) is 9.00. The van der Waals surface area contributed by atoms with E-state index in [1.54, 1.807) is 4.90 Å². The van der Waals surface area contributed by atoms with Crippen LogP contribution < -0.4 is 5.32 Å². The number of hydrogen-bond acceptors (Lipinski definition) is 4. The van der Waals surface area contributed by atoms with Gasteiger partial charge >= 0.3 is 6.09 Å². The lowest BCUT2D eigenvalue weighted by molar-refractivity contribution is -0.117. The van der Waals surface area contributed by atoms with E-state index < -0.39 is 5.60 Å². The van der Waals surface area contributed by atoms with Crippen LogP contribution in [0.2, 0.25) is 0 Å². The van der Waals surface area contributed by atoms with Crippen LogP contribution in [0.5, 0.6) is 0 Å². The van der Waals surface area contributed by atoms with Crippen LogP contribution in [0, 0.1) is 17.2 Å². The fourth-order valence-corrected chi connectivity index (χ4v) is 2.92. The quantitative estimate of drug-likeness (QED) is 0.890. The van der Waals surface area contributed by atoms with Gasteiger partial charge in [0.25, 0.3) is 0 Å². The molecular weight excluding hydrogens is 330 g/mol. The SMILES string of the molecule is CC(C)(C)OC(=O)N1CCC(CC(=O)Nc2ccc(CC#N)cc2)CC1. The van der Waals surface area contributed by atoms with Gasteiger partial charge in [-0.05, 0) is 57.2 Å². The Balaban J connectivity index is 1.75. The standard InChI is InChI=1S/C20H27N3O3/c1-20(2,3)26-19(25)23-12-9-16(10-13-23)14-18(24)22-17-6-4-15(5-7-17)8-11-21/h4-7,16H,8-10,12-14H2,1-3H3,(H,22,24). The highest BCUT2D eigenvalue weighted by atomic mass is 16.6. The largest absolute Gasteiger partial charge is 0.444 e. The fourth-order valence-electron chi connectivity index (χ4n) is 2.92. The molecule has 140 valence electrons. The Morgan fingerprint density at radius 3 is 2.38 bits per heavy atom. The molecule has 2 amide bonds. The zero-order valence-corrected chi connectivity index (χ0v) is 15.7. The van der Waals surface area contributed by atoms with Crippen molar-refractivity contribution in [3.8, 4) is 6.07 Å². The van der Waals surface area contributed by atoms with Crippen LogP contribution >= 0.6 is 0 Å². The van der Waals surface area contributed by atoms with E-state index in [9.17, 15) is 9.59 Å². The van der Waals surface area contributed by atoms with E-state index in [-0.39, 0.29) is 17.9 Å². The summed E-state index contributed by atoms with van der Waals surface area (Å²) in [7, 11) is 0. The topological polar surface area (TPSA) is 82.4 Å². The average molecular weight is 357 g/mol. The summed E-state index contributed by atoms with van der Waals surface area (Å²) >= 11 is 0. The molecule has 1 aromatic carbocycles. The molecule has 1 aliphatic heterocycles. The molecule has 1 aliphatic rings. The zero-order valence-electron chi connectivity index (χ0n) is 15.7. The molecule has 0 aliphatic carbocycles. The van der Waals surface area contributed by atoms with Gasteiger partial charge in [0, 0.05) is 25.2 Å². The molecule has 0 saturated carbocycles. The zero-order chi connectivity index (χ0) is 19.2. The molecule has 0 atom stereocenters. The minimum Gasteiger partial charge on any atom is -0.444 e. The van der Waals surface area contributed by atoms with Crippen molar-refractivity contribution in [1.82, 2.24) is 4.90 Å². The second-order valence-corrected chi connectivity index (χ2v) is 7.69. The van der Waals surface area contributed by atoms with Crippen LogP contribution in [-0.4, -0.2) is 35.6 Å². The van der Waals surface area contributed by atoms with Gasteiger partial charge in [-0.15, -0.1) is 0 Å². The first-order chi connectivity index (χ1) is 12.3. The van der Waals surface area contributed by atoms with Crippen molar-refractivity contribution < 1.29 is 14.3 Å². The summed E-state index contributed by atoms with van der Waals surface area (Å²) < 4.78 is 5.39. The minimum atomic E-state index is -0.489. The Morgan fingerprint density at radius 1 is 1.23 bits per heavy atom. The molecule has 0 radical (unpaired) electrons. The van der Waals surface area contributed by atoms with E-state index in [1.807, 2.05) is 45.0 Å². The normalized spacial score (nSPS) is 15.2. The van der Waals surface area contributed by atoms with E-state index >= 15 is 0 Å². The van der Waals surface area contributed by atoms with Crippen molar-refractivity contribution in [2.24, 2.45) is 5.92 Å². The number of anilines is 1. The van der Waals surface area contributed by atoms with Gasteiger partial charge in [-0.3, -0.25) is 4.79 Å². The Bertz CT molecular complexity index is 663. The highest BCUT2D eigenvalue weighted by Crippen LogP contribution is 2.23. The predicted octanol–water partition coefficient (Wildman–Crippen LogP) is 3.73. The second-order valence-electron chi connectivity index (χ2n) is 7.69. The van der Waals surface area contributed by atoms with E-state index in [0.29, 0.717) is 25.9 Å². The summed E-state index contributed by atoms with van der Waals surface area (Å²) in [5.74, 6) is 0.250. The maximum absolute atomic E-state index is 12.2. The number of rotatable bonds is 4. The number of piperidine rings is 1. The van der Waals surface area contributed by atoms with Crippen molar-refractivity contribution in [3.63, 3.8) is 0 Å². The Hall–Kier alpha value is -2.55. The van der Waals surface area contributed by atoms with E-state index in [4.69, 9.17) is 10.00 Å². The van der Waals surface area contributed by atoms with Crippen molar-refractivity contribution in [1.29, 1.82) is 5.26 Å². The maximum atomic E-state index is 12.2. The minimum absolute atomic E-state index is 0.0197. The summed E-state index contributed by atoms with van der Waals surface area (Å²) in [4.78, 5) is 26.0. The Labute approximate surface area is 155 Å². The van der Waals surface area contributed by atoms with Crippen LogP contribution in [-0.2, 0) is 16.0 Å². The Morgan fingerprint density at radius 2 is 1.85 bits per heavy atom. The molecule has 0 unspecified atom stereocenters. The van der Waals surface area contributed by atoms with Crippen LogP contribution in [0.4, 0.5) is 10.5 Å². The van der Waals surface area contributed by atoms with Crippen LogP contribution in [0.15, 0.2) is 24.3 Å². The van der Waals surface area contributed by atoms with Gasteiger partial charge in [-0.25, -0.2) is 4.79 Å². The molecule has 6 nitrogen and oxygen atoms in total. The summed E-state index contributed by atoms with van der Waals surface area (Å²) in [6.07, 6.45) is 2.13. The molecule has 26 heavy (non-hydrogen) atoms. The van der Waals surface area contributed by atoms with Crippen LogP contribution in [0.1, 0.15) is 45.6 Å². The molecule has 0 aromatic heterocycles. The summed E-state index contributed by atoms with van der Waals surface area (Å²) in [6.45, 7) is 6.81. The highest BCUT2D eigenvalue weighted by molar-refractivity contribution is 5.90. The number of ether oxygens (including phenoxy) is 1. The van der Waals surface area contributed by atoms with E-state index in [0.717, 1.165) is 24.1 Å². The summed E-state index contributed by atoms with van der Waals surface area (Å²) in [6, 6.07) is 9.42. The molecule has 0 bridgehead atoms. The molecule has 6 heteroatoms. The number of benzene rings is 1. The lowest BCUT2D eigenvalue weighted by Crippen LogP contribution is -2.42. The lowest BCUT2D eigenvalue weighted by atomic mass is 9.93. The number of nitriles is 1. The lowest BCUT2D eigenvalue weighted by Gasteiger charge is -2.33. The molecular formula is C20H27N3O3. The monoisotopic (exact) mass is 357 g/mol. The van der Waals surface area contributed by atoms with Gasteiger partial charge in [0.1, 0.15) is 5.60 Å². The van der Waals surface area contributed by atoms with Gasteiger partial charge in [0.15, 0.2) is 0 Å². The summed E-state index contributed by atoms with van der Waals surface area (Å²) in [5.41, 5.74) is 1.18. The van der Waals surface area contributed by atoms with E-state index in [2.05, 4.69) is 11.4 Å². The number of hydrogen-bond donors (Lipinski definition) is 1. The second kappa shape index (κ2) is 8.70. The molecule has 2 rings (SSSR count). The number of likely N-dealkylation sites (tertiary alicyclic amines) is 1. The molecule has 1 aromatic rings. The third-order valence-electron chi connectivity index (χ3n) is 4.26. The van der Waals surface area contributed by atoms with Crippen molar-refractivity contribution in [3.05, 3.63) is 29.8 Å². The molecule has 1 N–H and O–H groups in total. The van der Waals surface area contributed by atoms with Crippen LogP contribution in [0.25, 0.3) is 0 Å². The molecule has 1 heterocycles. The van der Waals surface area contributed by atoms with Gasteiger partial charge in [-0.2, -0.15) is 5.26 Å². The number of carbonyl (C=O) groups is 2.